The minimum absolute atomic E-state index is 0.174. The molecule has 0 bridgehead atoms. The molecule has 0 aliphatic carbocycles. The fourth-order valence-electron chi connectivity index (χ4n) is 1.70. The van der Waals surface area contributed by atoms with Crippen molar-refractivity contribution in [1.29, 1.82) is 0 Å². The quantitative estimate of drug-likeness (QED) is 0.833. The lowest BCUT2D eigenvalue weighted by atomic mass is 10.2. The van der Waals surface area contributed by atoms with Crippen LogP contribution >= 0.6 is 23.6 Å². The van der Waals surface area contributed by atoms with Crippen LogP contribution < -0.4 is 10.2 Å². The number of anilines is 1. The third-order valence-electron chi connectivity index (χ3n) is 3.02. The first-order valence-corrected chi connectivity index (χ1v) is 7.42. The Hall–Kier alpha value is -1.73. The standard InChI is InChI=1S/C13H16N4OS2/c1-9(17(2)10-6-4-3-5-7-10)8-14-11(18)12-15-16-13(19)20-12/h3-7,9H,8H2,1-2H3,(H,14,18)(H,16,19). The van der Waals surface area contributed by atoms with Crippen molar-refractivity contribution in [2.75, 3.05) is 18.5 Å². The molecule has 106 valence electrons. The van der Waals surface area contributed by atoms with Crippen molar-refractivity contribution in [2.24, 2.45) is 0 Å². The molecule has 5 nitrogen and oxygen atoms in total. The van der Waals surface area contributed by atoms with Crippen molar-refractivity contribution in [3.05, 3.63) is 39.3 Å². The maximum absolute atomic E-state index is 11.9. The van der Waals surface area contributed by atoms with E-state index in [1.807, 2.05) is 37.4 Å². The van der Waals surface area contributed by atoms with Crippen molar-refractivity contribution in [1.82, 2.24) is 15.5 Å². The number of carbonyl (C=O) groups excluding carboxylic acids is 1. The van der Waals surface area contributed by atoms with Gasteiger partial charge in [0.05, 0.1) is 0 Å². The van der Waals surface area contributed by atoms with E-state index in [0.29, 0.717) is 15.5 Å². The number of H-pyrrole nitrogens is 1. The molecular formula is C13H16N4OS2. The molecule has 1 unspecified atom stereocenters. The summed E-state index contributed by atoms with van der Waals surface area (Å²) in [6.07, 6.45) is 0. The minimum atomic E-state index is -0.198. The first kappa shape index (κ1) is 14.7. The van der Waals surface area contributed by atoms with Gasteiger partial charge in [0.1, 0.15) is 0 Å². The summed E-state index contributed by atoms with van der Waals surface area (Å²) >= 11 is 6.08. The van der Waals surface area contributed by atoms with Gasteiger partial charge in [-0.15, -0.1) is 0 Å². The molecule has 0 spiro atoms. The molecular weight excluding hydrogens is 292 g/mol. The van der Waals surface area contributed by atoms with E-state index in [-0.39, 0.29) is 11.9 Å². The number of aromatic amines is 1. The van der Waals surface area contributed by atoms with Crippen molar-refractivity contribution >= 4 is 35.1 Å². The molecule has 1 heterocycles. The minimum Gasteiger partial charge on any atom is -0.370 e. The number of carbonyl (C=O) groups is 1. The Labute approximate surface area is 126 Å². The molecule has 1 aromatic carbocycles. The van der Waals surface area contributed by atoms with Gasteiger partial charge < -0.3 is 10.2 Å². The summed E-state index contributed by atoms with van der Waals surface area (Å²) in [5, 5.41) is 9.69. The maximum atomic E-state index is 11.9. The van der Waals surface area contributed by atoms with Crippen LogP contribution in [0.3, 0.4) is 0 Å². The number of rotatable bonds is 5. The molecule has 1 atom stereocenters. The number of hydrogen-bond donors (Lipinski definition) is 2. The van der Waals surface area contributed by atoms with E-state index in [1.54, 1.807) is 0 Å². The summed E-state index contributed by atoms with van der Waals surface area (Å²) in [5.74, 6) is -0.198. The summed E-state index contributed by atoms with van der Waals surface area (Å²) in [6.45, 7) is 2.59. The summed E-state index contributed by atoms with van der Waals surface area (Å²) in [5.41, 5.74) is 1.12. The van der Waals surface area contributed by atoms with Crippen LogP contribution in [0.25, 0.3) is 0 Å². The third-order valence-corrected chi connectivity index (χ3v) is 4.10. The fraction of sp³-hybridized carbons (Fsp3) is 0.308. The number of hydrogen-bond acceptors (Lipinski definition) is 5. The fourth-order valence-corrected chi connectivity index (χ4v) is 2.50. The van der Waals surface area contributed by atoms with Gasteiger partial charge in [0.25, 0.3) is 5.91 Å². The average Bonchev–Trinajstić information content (AvgIpc) is 2.91. The average molecular weight is 308 g/mol. The van der Waals surface area contributed by atoms with Crippen LogP contribution in [-0.2, 0) is 0 Å². The van der Waals surface area contributed by atoms with Gasteiger partial charge in [-0.05, 0) is 31.3 Å². The molecule has 0 aliphatic heterocycles. The van der Waals surface area contributed by atoms with Crippen molar-refractivity contribution in [2.45, 2.75) is 13.0 Å². The van der Waals surface area contributed by atoms with Crippen molar-refractivity contribution < 1.29 is 4.79 Å². The monoisotopic (exact) mass is 308 g/mol. The smallest absolute Gasteiger partial charge is 0.282 e. The topological polar surface area (TPSA) is 61.0 Å². The number of para-hydroxylation sites is 1. The van der Waals surface area contributed by atoms with E-state index in [0.717, 1.165) is 5.69 Å². The van der Waals surface area contributed by atoms with Gasteiger partial charge in [-0.25, -0.2) is 0 Å². The van der Waals surface area contributed by atoms with Gasteiger partial charge >= 0.3 is 0 Å². The summed E-state index contributed by atoms with van der Waals surface area (Å²) in [7, 11) is 2.00. The molecule has 1 aromatic heterocycles. The number of amides is 1. The molecule has 2 rings (SSSR count). The van der Waals surface area contributed by atoms with Gasteiger partial charge in [0.2, 0.25) is 5.01 Å². The molecule has 0 aliphatic rings. The molecule has 2 N–H and O–H groups in total. The Morgan fingerprint density at radius 1 is 1.50 bits per heavy atom. The number of benzene rings is 1. The first-order chi connectivity index (χ1) is 9.58. The van der Waals surface area contributed by atoms with Crippen LogP contribution in [0.1, 0.15) is 16.7 Å². The number of nitrogens with zero attached hydrogens (tertiary/aromatic N) is 2. The van der Waals surface area contributed by atoms with Crippen LogP contribution in [-0.4, -0.2) is 35.7 Å². The van der Waals surface area contributed by atoms with Crippen LogP contribution in [0.4, 0.5) is 5.69 Å². The molecule has 2 aromatic rings. The SMILES string of the molecule is CC(CNC(=O)c1n[nH]c(=S)s1)N(C)c1ccccc1. The molecule has 7 heteroatoms. The van der Waals surface area contributed by atoms with Crippen LogP contribution in [0.2, 0.25) is 0 Å². The highest BCUT2D eigenvalue weighted by Crippen LogP contribution is 2.13. The zero-order valence-corrected chi connectivity index (χ0v) is 12.9. The first-order valence-electron chi connectivity index (χ1n) is 6.19. The van der Waals surface area contributed by atoms with Crippen molar-refractivity contribution in [3.63, 3.8) is 0 Å². The zero-order valence-electron chi connectivity index (χ0n) is 11.3. The molecule has 0 saturated carbocycles. The van der Waals surface area contributed by atoms with Crippen LogP contribution in [0, 0.1) is 3.95 Å². The Kier molecular flexibility index (Phi) is 4.86. The van der Waals surface area contributed by atoms with Gasteiger partial charge in [0, 0.05) is 25.3 Å². The lowest BCUT2D eigenvalue weighted by molar-refractivity contribution is 0.0950. The summed E-state index contributed by atoms with van der Waals surface area (Å²) in [4.78, 5) is 14.0. The second-order valence-electron chi connectivity index (χ2n) is 4.42. The Morgan fingerprint density at radius 3 is 2.80 bits per heavy atom. The van der Waals surface area contributed by atoms with E-state index in [9.17, 15) is 4.79 Å². The Bertz CT molecular complexity index is 623. The van der Waals surface area contributed by atoms with E-state index >= 15 is 0 Å². The summed E-state index contributed by atoms with van der Waals surface area (Å²) < 4.78 is 0.504. The lowest BCUT2D eigenvalue weighted by Gasteiger charge is -2.27. The third kappa shape index (κ3) is 3.64. The van der Waals surface area contributed by atoms with E-state index in [4.69, 9.17) is 12.2 Å². The number of likely N-dealkylation sites (N-methyl/N-ethyl adjacent to an activating group) is 1. The zero-order chi connectivity index (χ0) is 14.5. The molecule has 0 saturated heterocycles. The summed E-state index contributed by atoms with van der Waals surface area (Å²) in [6, 6.07) is 10.2. The second-order valence-corrected chi connectivity index (χ2v) is 6.09. The Balaban J connectivity index is 1.90. The highest BCUT2D eigenvalue weighted by molar-refractivity contribution is 7.73. The molecule has 20 heavy (non-hydrogen) atoms. The number of aromatic nitrogens is 2. The lowest BCUT2D eigenvalue weighted by Crippen LogP contribution is -2.40. The van der Waals surface area contributed by atoms with Gasteiger partial charge in [-0.1, -0.05) is 29.5 Å². The van der Waals surface area contributed by atoms with Gasteiger partial charge in [-0.2, -0.15) is 5.10 Å². The molecule has 0 radical (unpaired) electrons. The van der Waals surface area contributed by atoms with E-state index in [2.05, 4.69) is 27.3 Å². The van der Waals surface area contributed by atoms with Crippen molar-refractivity contribution in [3.8, 4) is 0 Å². The highest BCUT2D eigenvalue weighted by Gasteiger charge is 2.14. The molecule has 0 fully saturated rings. The maximum Gasteiger partial charge on any atom is 0.282 e. The van der Waals surface area contributed by atoms with E-state index in [1.165, 1.54) is 11.3 Å². The Morgan fingerprint density at radius 2 is 2.20 bits per heavy atom. The predicted molar refractivity (Wildman–Crippen MR) is 83.9 cm³/mol. The predicted octanol–water partition coefficient (Wildman–Crippen LogP) is 2.46. The second kappa shape index (κ2) is 6.62. The molecule has 1 amide bonds. The van der Waals surface area contributed by atoms with E-state index < -0.39 is 0 Å². The van der Waals surface area contributed by atoms with Crippen LogP contribution in [0.5, 0.6) is 0 Å². The van der Waals surface area contributed by atoms with Gasteiger partial charge in [-0.3, -0.25) is 9.89 Å². The largest absolute Gasteiger partial charge is 0.370 e. The number of nitrogens with one attached hydrogen (secondary N) is 2. The normalized spacial score (nSPS) is 11.9. The van der Waals surface area contributed by atoms with Crippen LogP contribution in [0.15, 0.2) is 30.3 Å². The van der Waals surface area contributed by atoms with Gasteiger partial charge in [0.15, 0.2) is 3.95 Å². The highest BCUT2D eigenvalue weighted by atomic mass is 32.1.